The predicted octanol–water partition coefficient (Wildman–Crippen LogP) is 3.47. The van der Waals surface area contributed by atoms with E-state index >= 15 is 0 Å². The number of carbonyl (C=O) groups is 2. The summed E-state index contributed by atoms with van der Waals surface area (Å²) in [5.41, 5.74) is 9.81. The number of hydrogen-bond acceptors (Lipinski definition) is 4. The molecular weight excluding hydrogens is 382 g/mol. The van der Waals surface area contributed by atoms with Crippen LogP contribution in [0.4, 0.5) is 5.00 Å². The van der Waals surface area contributed by atoms with Gasteiger partial charge in [0.15, 0.2) is 0 Å². The zero-order valence-electron chi connectivity index (χ0n) is 15.1. The van der Waals surface area contributed by atoms with E-state index in [9.17, 15) is 9.59 Å². The molecule has 1 aliphatic carbocycles. The fourth-order valence-corrected chi connectivity index (χ4v) is 4.60. The molecule has 1 fully saturated rings. The van der Waals surface area contributed by atoms with Crippen molar-refractivity contribution in [2.45, 2.75) is 38.1 Å². The number of nitrogens with one attached hydrogen (secondary N) is 1. The Morgan fingerprint density at radius 2 is 1.96 bits per heavy atom. The highest BCUT2D eigenvalue weighted by Crippen LogP contribution is 2.27. The number of benzene rings is 1. The van der Waals surface area contributed by atoms with Crippen molar-refractivity contribution in [2.24, 2.45) is 5.73 Å². The van der Waals surface area contributed by atoms with Gasteiger partial charge in [-0.05, 0) is 66.8 Å². The van der Waals surface area contributed by atoms with E-state index < -0.39 is 0 Å². The van der Waals surface area contributed by atoms with Crippen LogP contribution in [0.25, 0.3) is 0 Å². The van der Waals surface area contributed by atoms with Crippen molar-refractivity contribution in [3.63, 3.8) is 0 Å². The van der Waals surface area contributed by atoms with Gasteiger partial charge in [0, 0.05) is 24.7 Å². The molecule has 3 N–H and O–H groups in total. The summed E-state index contributed by atoms with van der Waals surface area (Å²) in [5, 5.41) is 5.38. The second-order valence-corrected chi connectivity index (χ2v) is 8.02. The normalized spacial score (nSPS) is 18.6. The molecule has 2 amide bonds. The first-order valence-corrected chi connectivity index (χ1v) is 10.1. The van der Waals surface area contributed by atoms with Gasteiger partial charge in [-0.25, -0.2) is 0 Å². The fraction of sp³-hybridized carbons (Fsp3) is 0.400. The van der Waals surface area contributed by atoms with E-state index in [4.69, 9.17) is 5.73 Å². The molecule has 5 nitrogen and oxygen atoms in total. The standard InChI is InChI=1S/C20H23N3O2S.ClH/c21-16-5-2-9-23(12-16)20(25)17-8-10-26-19(17)22-18(24)15-7-6-13-3-1-4-14(13)11-15;/h6-8,10-11,16H,1-5,9,12,21H2,(H,22,24);1H. The lowest BCUT2D eigenvalue weighted by Gasteiger charge is -2.30. The van der Waals surface area contributed by atoms with Crippen LogP contribution in [0.15, 0.2) is 29.6 Å². The summed E-state index contributed by atoms with van der Waals surface area (Å²) < 4.78 is 0. The van der Waals surface area contributed by atoms with Gasteiger partial charge in [0.1, 0.15) is 5.00 Å². The number of piperidine rings is 1. The van der Waals surface area contributed by atoms with Crippen LogP contribution in [0.5, 0.6) is 0 Å². The maximum Gasteiger partial charge on any atom is 0.256 e. The monoisotopic (exact) mass is 405 g/mol. The summed E-state index contributed by atoms with van der Waals surface area (Å²) in [6.45, 7) is 1.30. The minimum Gasteiger partial charge on any atom is -0.337 e. The number of nitrogens with zero attached hydrogens (tertiary/aromatic N) is 1. The van der Waals surface area contributed by atoms with Crippen LogP contribution >= 0.6 is 23.7 Å². The lowest BCUT2D eigenvalue weighted by molar-refractivity contribution is 0.0710. The Bertz CT molecular complexity index is 852. The van der Waals surface area contributed by atoms with Crippen LogP contribution in [0.2, 0.25) is 0 Å². The first-order valence-electron chi connectivity index (χ1n) is 9.17. The largest absolute Gasteiger partial charge is 0.337 e. The van der Waals surface area contributed by atoms with Crippen molar-refractivity contribution in [2.75, 3.05) is 18.4 Å². The summed E-state index contributed by atoms with van der Waals surface area (Å²) in [5.74, 6) is -0.211. The highest BCUT2D eigenvalue weighted by molar-refractivity contribution is 7.14. The molecule has 2 aromatic rings. The molecule has 0 radical (unpaired) electrons. The van der Waals surface area contributed by atoms with E-state index in [0.717, 1.165) is 38.6 Å². The molecule has 4 rings (SSSR count). The first-order chi connectivity index (χ1) is 12.6. The van der Waals surface area contributed by atoms with Gasteiger partial charge >= 0.3 is 0 Å². The lowest BCUT2D eigenvalue weighted by atomic mass is 10.1. The molecule has 1 aromatic carbocycles. The smallest absolute Gasteiger partial charge is 0.256 e. The number of anilines is 1. The van der Waals surface area contributed by atoms with Crippen molar-refractivity contribution in [3.8, 4) is 0 Å². The molecule has 1 aromatic heterocycles. The van der Waals surface area contributed by atoms with Crippen LogP contribution in [0.1, 0.15) is 51.1 Å². The zero-order valence-corrected chi connectivity index (χ0v) is 16.7. The van der Waals surface area contributed by atoms with Gasteiger partial charge in [0.25, 0.3) is 11.8 Å². The Kier molecular flexibility index (Phi) is 6.19. The summed E-state index contributed by atoms with van der Waals surface area (Å²) in [7, 11) is 0. The molecule has 2 aliphatic rings. The van der Waals surface area contributed by atoms with E-state index in [1.54, 1.807) is 11.0 Å². The van der Waals surface area contributed by atoms with E-state index in [1.807, 2.05) is 23.6 Å². The van der Waals surface area contributed by atoms with E-state index in [1.165, 1.54) is 22.5 Å². The van der Waals surface area contributed by atoms with Crippen molar-refractivity contribution >= 4 is 40.6 Å². The molecule has 1 atom stereocenters. The van der Waals surface area contributed by atoms with Gasteiger partial charge in [-0.2, -0.15) is 0 Å². The van der Waals surface area contributed by atoms with Crippen molar-refractivity contribution in [3.05, 3.63) is 51.9 Å². The van der Waals surface area contributed by atoms with Crippen LogP contribution in [0.3, 0.4) is 0 Å². The number of rotatable bonds is 3. The maximum absolute atomic E-state index is 12.8. The maximum atomic E-state index is 12.8. The number of fused-ring (bicyclic) bond motifs is 1. The number of aryl methyl sites for hydroxylation is 2. The average molecular weight is 406 g/mol. The Morgan fingerprint density at radius 1 is 1.15 bits per heavy atom. The molecule has 1 unspecified atom stereocenters. The second-order valence-electron chi connectivity index (χ2n) is 7.11. The molecule has 0 spiro atoms. The Labute approximate surface area is 169 Å². The quantitative estimate of drug-likeness (QED) is 0.820. The van der Waals surface area contributed by atoms with Crippen molar-refractivity contribution in [1.82, 2.24) is 4.90 Å². The van der Waals surface area contributed by atoms with Crippen LogP contribution in [-0.2, 0) is 12.8 Å². The Morgan fingerprint density at radius 3 is 2.78 bits per heavy atom. The van der Waals surface area contributed by atoms with Crippen molar-refractivity contribution in [1.29, 1.82) is 0 Å². The summed E-state index contributed by atoms with van der Waals surface area (Å²) in [6.07, 6.45) is 5.17. The molecule has 27 heavy (non-hydrogen) atoms. The average Bonchev–Trinajstić information content (AvgIpc) is 3.29. The molecule has 2 heterocycles. The third kappa shape index (κ3) is 4.18. The summed E-state index contributed by atoms with van der Waals surface area (Å²) in [4.78, 5) is 27.3. The zero-order chi connectivity index (χ0) is 18.1. The minimum atomic E-state index is -0.161. The number of likely N-dealkylation sites (tertiary alicyclic amines) is 1. The predicted molar refractivity (Wildman–Crippen MR) is 111 cm³/mol. The van der Waals surface area contributed by atoms with Gasteiger partial charge in [0.2, 0.25) is 0 Å². The number of carbonyl (C=O) groups excluding carboxylic acids is 2. The number of amides is 2. The SMILES string of the molecule is Cl.NC1CCCN(C(=O)c2ccsc2NC(=O)c2ccc3c(c2)CCC3)C1. The van der Waals surface area contributed by atoms with Gasteiger partial charge in [-0.3, -0.25) is 9.59 Å². The highest BCUT2D eigenvalue weighted by Gasteiger charge is 2.25. The Hall–Kier alpha value is -1.89. The van der Waals surface area contributed by atoms with E-state index in [0.29, 0.717) is 22.7 Å². The number of halogens is 1. The van der Waals surface area contributed by atoms with Crippen LogP contribution < -0.4 is 11.1 Å². The molecule has 144 valence electrons. The molecule has 7 heteroatoms. The molecule has 1 aliphatic heterocycles. The van der Waals surface area contributed by atoms with Gasteiger partial charge in [-0.1, -0.05) is 6.07 Å². The third-order valence-corrected chi connectivity index (χ3v) is 6.06. The van der Waals surface area contributed by atoms with Gasteiger partial charge in [0.05, 0.1) is 5.56 Å². The molecule has 1 saturated heterocycles. The Balaban J connectivity index is 0.00000210. The van der Waals surface area contributed by atoms with Crippen molar-refractivity contribution < 1.29 is 9.59 Å². The first kappa shape index (κ1) is 19.9. The second kappa shape index (κ2) is 8.42. The van der Waals surface area contributed by atoms with Crippen LogP contribution in [0, 0.1) is 0 Å². The fourth-order valence-electron chi connectivity index (χ4n) is 3.83. The van der Waals surface area contributed by atoms with Gasteiger partial charge in [-0.15, -0.1) is 23.7 Å². The summed E-state index contributed by atoms with van der Waals surface area (Å²) >= 11 is 1.38. The highest BCUT2D eigenvalue weighted by atomic mass is 35.5. The van der Waals surface area contributed by atoms with Crippen LogP contribution in [-0.4, -0.2) is 35.8 Å². The third-order valence-electron chi connectivity index (χ3n) is 5.23. The minimum absolute atomic E-state index is 0. The number of thiophene rings is 1. The number of hydrogen-bond donors (Lipinski definition) is 2. The van der Waals surface area contributed by atoms with E-state index in [-0.39, 0.29) is 30.3 Å². The number of nitrogens with two attached hydrogens (primary N) is 1. The van der Waals surface area contributed by atoms with E-state index in [2.05, 4.69) is 5.32 Å². The topological polar surface area (TPSA) is 75.4 Å². The summed E-state index contributed by atoms with van der Waals surface area (Å²) in [6, 6.07) is 7.73. The molecule has 0 saturated carbocycles. The van der Waals surface area contributed by atoms with Gasteiger partial charge < -0.3 is 16.0 Å². The lowest BCUT2D eigenvalue weighted by Crippen LogP contribution is -2.45. The molecule has 0 bridgehead atoms. The molecular formula is C20H24ClN3O2S.